The first kappa shape index (κ1) is 14.3. The summed E-state index contributed by atoms with van der Waals surface area (Å²) in [4.78, 5) is 25.6. The molecule has 5 heteroatoms. The van der Waals surface area contributed by atoms with Gasteiger partial charge in [0.25, 0.3) is 11.8 Å². The first-order valence-electron chi connectivity index (χ1n) is 7.15. The third kappa shape index (κ3) is 3.15. The normalized spacial score (nSPS) is 16.0. The molecule has 112 valence electrons. The van der Waals surface area contributed by atoms with Crippen LogP contribution in [0, 0.1) is 0 Å². The van der Waals surface area contributed by atoms with Crippen molar-refractivity contribution in [2.24, 2.45) is 0 Å². The maximum absolute atomic E-state index is 11.8. The average Bonchev–Trinajstić information content (AvgIpc) is 2.71. The lowest BCUT2D eigenvalue weighted by Crippen LogP contribution is -2.40. The van der Waals surface area contributed by atoms with Crippen LogP contribution in [0.3, 0.4) is 0 Å². The van der Waals surface area contributed by atoms with Crippen LogP contribution in [0.15, 0.2) is 60.7 Å². The third-order valence-corrected chi connectivity index (χ3v) is 3.63. The van der Waals surface area contributed by atoms with Crippen LogP contribution in [0.2, 0.25) is 0 Å². The van der Waals surface area contributed by atoms with Gasteiger partial charge in [-0.15, -0.1) is 0 Å². The van der Waals surface area contributed by atoms with E-state index in [0.29, 0.717) is 0 Å². The SMILES string of the molecule is O=C1CN(C(c2ccccc2)c2ccccc2)CC(=O)NN1. The Morgan fingerprint density at radius 1 is 0.727 bits per heavy atom. The van der Waals surface area contributed by atoms with Crippen LogP contribution in [-0.4, -0.2) is 29.8 Å². The predicted molar refractivity (Wildman–Crippen MR) is 82.6 cm³/mol. The number of hydrazine groups is 1. The van der Waals surface area contributed by atoms with E-state index >= 15 is 0 Å². The van der Waals surface area contributed by atoms with E-state index in [-0.39, 0.29) is 30.9 Å². The summed E-state index contributed by atoms with van der Waals surface area (Å²) in [5, 5.41) is 0. The maximum atomic E-state index is 11.8. The van der Waals surface area contributed by atoms with Crippen LogP contribution < -0.4 is 10.9 Å². The quantitative estimate of drug-likeness (QED) is 0.895. The summed E-state index contributed by atoms with van der Waals surface area (Å²) in [6.45, 7) is 0.320. The number of carbonyl (C=O) groups excluding carboxylic acids is 2. The van der Waals surface area contributed by atoms with Crippen LogP contribution in [0.1, 0.15) is 17.2 Å². The third-order valence-electron chi connectivity index (χ3n) is 3.63. The summed E-state index contributed by atoms with van der Waals surface area (Å²) in [5.41, 5.74) is 6.91. The van der Waals surface area contributed by atoms with Crippen molar-refractivity contribution >= 4 is 11.8 Å². The standard InChI is InChI=1S/C17H17N3O2/c21-15-11-20(12-16(22)19-18-15)17(13-7-3-1-4-8-13)14-9-5-2-6-10-14/h1-10,17H,11-12H2,(H,18,21)(H,19,22). The zero-order chi connectivity index (χ0) is 15.4. The van der Waals surface area contributed by atoms with Crippen molar-refractivity contribution in [3.63, 3.8) is 0 Å². The Balaban J connectivity index is 2.01. The molecule has 0 radical (unpaired) electrons. The highest BCUT2D eigenvalue weighted by Gasteiger charge is 2.28. The summed E-state index contributed by atoms with van der Waals surface area (Å²) < 4.78 is 0. The molecule has 1 aliphatic heterocycles. The zero-order valence-corrected chi connectivity index (χ0v) is 12.0. The topological polar surface area (TPSA) is 61.4 Å². The molecule has 0 aromatic heterocycles. The van der Waals surface area contributed by atoms with Crippen molar-refractivity contribution in [1.29, 1.82) is 0 Å². The van der Waals surface area contributed by atoms with Gasteiger partial charge >= 0.3 is 0 Å². The van der Waals surface area contributed by atoms with E-state index in [1.807, 2.05) is 65.6 Å². The number of nitrogens with zero attached hydrogens (tertiary/aromatic N) is 1. The van der Waals surface area contributed by atoms with Gasteiger partial charge in [-0.25, -0.2) is 0 Å². The van der Waals surface area contributed by atoms with E-state index in [1.165, 1.54) is 0 Å². The second-order valence-corrected chi connectivity index (χ2v) is 5.23. The number of nitrogens with one attached hydrogen (secondary N) is 2. The lowest BCUT2D eigenvalue weighted by molar-refractivity contribution is -0.125. The molecule has 2 amide bonds. The molecule has 5 nitrogen and oxygen atoms in total. The van der Waals surface area contributed by atoms with Gasteiger partial charge in [0.2, 0.25) is 0 Å². The van der Waals surface area contributed by atoms with E-state index < -0.39 is 0 Å². The minimum Gasteiger partial charge on any atom is -0.274 e. The van der Waals surface area contributed by atoms with Crippen LogP contribution in [0.5, 0.6) is 0 Å². The van der Waals surface area contributed by atoms with Gasteiger partial charge in [0.1, 0.15) is 0 Å². The van der Waals surface area contributed by atoms with Crippen LogP contribution in [0.4, 0.5) is 0 Å². The second kappa shape index (κ2) is 6.41. The molecule has 22 heavy (non-hydrogen) atoms. The van der Waals surface area contributed by atoms with Crippen molar-refractivity contribution in [3.05, 3.63) is 71.8 Å². The molecule has 3 rings (SSSR count). The van der Waals surface area contributed by atoms with Crippen LogP contribution >= 0.6 is 0 Å². The number of rotatable bonds is 3. The Labute approximate surface area is 128 Å². The van der Waals surface area contributed by atoms with E-state index in [0.717, 1.165) is 11.1 Å². The molecule has 0 saturated carbocycles. The summed E-state index contributed by atoms with van der Waals surface area (Å²) in [7, 11) is 0. The number of hydrogen-bond acceptors (Lipinski definition) is 3. The molecule has 2 aromatic rings. The number of benzene rings is 2. The number of hydrogen-bond donors (Lipinski definition) is 2. The van der Waals surface area contributed by atoms with Crippen LogP contribution in [-0.2, 0) is 9.59 Å². The molecule has 0 spiro atoms. The first-order valence-corrected chi connectivity index (χ1v) is 7.15. The zero-order valence-electron chi connectivity index (χ0n) is 12.0. The van der Waals surface area contributed by atoms with Crippen LogP contribution in [0.25, 0.3) is 0 Å². The lowest BCUT2D eigenvalue weighted by Gasteiger charge is -2.29. The molecule has 0 unspecified atom stereocenters. The monoisotopic (exact) mass is 295 g/mol. The smallest absolute Gasteiger partial charge is 0.252 e. The van der Waals surface area contributed by atoms with E-state index in [2.05, 4.69) is 10.9 Å². The molecule has 1 saturated heterocycles. The molecule has 2 aromatic carbocycles. The Bertz CT molecular complexity index is 601. The van der Waals surface area contributed by atoms with Crippen molar-refractivity contribution in [2.75, 3.05) is 13.1 Å². The summed E-state index contributed by atoms with van der Waals surface area (Å²) in [5.74, 6) is -0.439. The Hall–Kier alpha value is -2.66. The maximum Gasteiger partial charge on any atom is 0.252 e. The van der Waals surface area contributed by atoms with Gasteiger partial charge in [0.05, 0.1) is 19.1 Å². The van der Waals surface area contributed by atoms with E-state index in [4.69, 9.17) is 0 Å². The van der Waals surface area contributed by atoms with Crippen molar-refractivity contribution in [1.82, 2.24) is 15.8 Å². The highest BCUT2D eigenvalue weighted by Crippen LogP contribution is 2.28. The van der Waals surface area contributed by atoms with E-state index in [9.17, 15) is 9.59 Å². The number of carbonyl (C=O) groups is 2. The molecule has 1 heterocycles. The average molecular weight is 295 g/mol. The summed E-state index contributed by atoms with van der Waals surface area (Å²) >= 11 is 0. The summed E-state index contributed by atoms with van der Waals surface area (Å²) in [6.07, 6.45) is 0. The molecule has 2 N–H and O–H groups in total. The fourth-order valence-electron chi connectivity index (χ4n) is 2.71. The fourth-order valence-corrected chi connectivity index (χ4v) is 2.71. The van der Waals surface area contributed by atoms with Crippen molar-refractivity contribution in [2.45, 2.75) is 6.04 Å². The van der Waals surface area contributed by atoms with Gasteiger partial charge < -0.3 is 0 Å². The van der Waals surface area contributed by atoms with Crippen molar-refractivity contribution < 1.29 is 9.59 Å². The minimum absolute atomic E-state index is 0.142. The highest BCUT2D eigenvalue weighted by atomic mass is 16.2. The Morgan fingerprint density at radius 2 is 1.14 bits per heavy atom. The van der Waals surface area contributed by atoms with Crippen molar-refractivity contribution in [3.8, 4) is 0 Å². The molecule has 0 aliphatic carbocycles. The summed E-state index contributed by atoms with van der Waals surface area (Å²) in [6, 6.07) is 19.7. The molecule has 0 atom stereocenters. The highest BCUT2D eigenvalue weighted by molar-refractivity contribution is 5.86. The molecule has 1 aliphatic rings. The van der Waals surface area contributed by atoms with Gasteiger partial charge in [0, 0.05) is 0 Å². The molecular weight excluding hydrogens is 278 g/mol. The predicted octanol–water partition coefficient (Wildman–Crippen LogP) is 1.24. The largest absolute Gasteiger partial charge is 0.274 e. The molecule has 1 fully saturated rings. The number of amides is 2. The minimum atomic E-state index is -0.220. The van der Waals surface area contributed by atoms with Gasteiger partial charge in [-0.05, 0) is 11.1 Å². The Kier molecular flexibility index (Phi) is 4.16. The first-order chi connectivity index (χ1) is 10.7. The van der Waals surface area contributed by atoms with Gasteiger partial charge in [0.15, 0.2) is 0 Å². The lowest BCUT2D eigenvalue weighted by atomic mass is 9.97. The van der Waals surface area contributed by atoms with Gasteiger partial charge in [-0.1, -0.05) is 60.7 Å². The van der Waals surface area contributed by atoms with Gasteiger partial charge in [-0.2, -0.15) is 0 Å². The van der Waals surface area contributed by atoms with E-state index in [1.54, 1.807) is 0 Å². The fraction of sp³-hybridized carbons (Fsp3) is 0.176. The molecular formula is C17H17N3O2. The van der Waals surface area contributed by atoms with Gasteiger partial charge in [-0.3, -0.25) is 25.3 Å². The Morgan fingerprint density at radius 3 is 1.55 bits per heavy atom. The second-order valence-electron chi connectivity index (χ2n) is 5.23. The molecule has 0 bridgehead atoms.